The molecular weight excluding hydrogens is 271 g/mol. The number of hydrogen-bond donors (Lipinski definition) is 2. The van der Waals surface area contributed by atoms with E-state index in [1.807, 2.05) is 6.92 Å². The van der Waals surface area contributed by atoms with Crippen LogP contribution in [0.2, 0.25) is 5.02 Å². The van der Waals surface area contributed by atoms with Crippen molar-refractivity contribution in [2.45, 2.75) is 13.0 Å². The number of anilines is 1. The number of halogens is 2. The Morgan fingerprint density at radius 3 is 2.79 bits per heavy atom. The molecule has 0 aromatic heterocycles. The summed E-state index contributed by atoms with van der Waals surface area (Å²) in [7, 11) is 0. The summed E-state index contributed by atoms with van der Waals surface area (Å²) in [6.07, 6.45) is 0. The first-order valence-electron chi connectivity index (χ1n) is 6.26. The van der Waals surface area contributed by atoms with Crippen molar-refractivity contribution in [1.29, 1.82) is 0 Å². The molecule has 1 aromatic rings. The average Bonchev–Trinajstić information content (AvgIpc) is 2.42. The fraction of sp³-hybridized carbons (Fsp3) is 0.462. The number of carbonyl (C=O) groups is 1. The molecule has 0 unspecified atom stereocenters. The molecule has 1 heterocycles. The van der Waals surface area contributed by atoms with E-state index in [1.165, 1.54) is 23.1 Å². The van der Waals surface area contributed by atoms with Gasteiger partial charge >= 0.3 is 0 Å². The maximum Gasteiger partial charge on any atom is 0.282 e. The Kier molecular flexibility index (Phi) is 4.74. The number of hydrogen-bond acceptors (Lipinski definition) is 2. The molecule has 0 saturated carbocycles. The number of amides is 1. The number of quaternary nitrogens is 1. The largest absolute Gasteiger partial charge is 0.370 e. The van der Waals surface area contributed by atoms with Gasteiger partial charge in [-0.2, -0.15) is 0 Å². The monoisotopic (exact) mass is 287 g/mol. The van der Waals surface area contributed by atoms with E-state index in [0.29, 0.717) is 18.9 Å². The quantitative estimate of drug-likeness (QED) is 0.860. The molecule has 19 heavy (non-hydrogen) atoms. The van der Waals surface area contributed by atoms with E-state index in [2.05, 4.69) is 5.32 Å². The van der Waals surface area contributed by atoms with Crippen LogP contribution in [-0.4, -0.2) is 38.3 Å². The summed E-state index contributed by atoms with van der Waals surface area (Å²) in [5.41, 5.74) is 0.438. The molecule has 6 heteroatoms. The first kappa shape index (κ1) is 14.2. The molecule has 0 bridgehead atoms. The van der Waals surface area contributed by atoms with Crippen molar-refractivity contribution in [1.82, 2.24) is 0 Å². The lowest BCUT2D eigenvalue weighted by molar-refractivity contribution is -0.921. The molecule has 4 nitrogen and oxygen atoms in total. The second-order valence-electron chi connectivity index (χ2n) is 4.61. The first-order valence-corrected chi connectivity index (χ1v) is 6.64. The maximum atomic E-state index is 12.9. The van der Waals surface area contributed by atoms with Crippen molar-refractivity contribution < 1.29 is 18.8 Å². The summed E-state index contributed by atoms with van der Waals surface area (Å²) < 4.78 is 18.2. The van der Waals surface area contributed by atoms with Crippen molar-refractivity contribution in [3.05, 3.63) is 29.0 Å². The van der Waals surface area contributed by atoms with Crippen LogP contribution in [0.25, 0.3) is 0 Å². The smallest absolute Gasteiger partial charge is 0.282 e. The van der Waals surface area contributed by atoms with Gasteiger partial charge in [-0.3, -0.25) is 4.79 Å². The van der Waals surface area contributed by atoms with Crippen molar-refractivity contribution in [2.75, 3.05) is 31.6 Å². The SMILES string of the molecule is C[C@@H](C(=O)Nc1ccc(F)cc1Cl)[NH+]1CCOCC1. The first-order chi connectivity index (χ1) is 9.08. The van der Waals surface area contributed by atoms with Gasteiger partial charge in [0.25, 0.3) is 5.91 Å². The predicted molar refractivity (Wildman–Crippen MR) is 71.0 cm³/mol. The molecule has 1 saturated heterocycles. The standard InChI is InChI=1S/C13H16ClFN2O2/c1-9(17-4-6-19-7-5-17)13(18)16-12-3-2-10(15)8-11(12)14/h2-3,8-9H,4-7H2,1H3,(H,16,18)/p+1/t9-/m0/s1. The van der Waals surface area contributed by atoms with E-state index >= 15 is 0 Å². The minimum atomic E-state index is -0.421. The van der Waals surface area contributed by atoms with Gasteiger partial charge in [-0.15, -0.1) is 0 Å². The summed E-state index contributed by atoms with van der Waals surface area (Å²) in [6, 6.07) is 3.73. The molecule has 1 aliphatic heterocycles. The van der Waals surface area contributed by atoms with Crippen molar-refractivity contribution in [3.8, 4) is 0 Å². The molecule has 1 atom stereocenters. The van der Waals surface area contributed by atoms with Crippen LogP contribution in [0.5, 0.6) is 0 Å². The highest BCUT2D eigenvalue weighted by atomic mass is 35.5. The summed E-state index contributed by atoms with van der Waals surface area (Å²) in [4.78, 5) is 13.3. The third-order valence-electron chi connectivity index (χ3n) is 3.33. The van der Waals surface area contributed by atoms with Gasteiger partial charge in [0.15, 0.2) is 6.04 Å². The Bertz CT molecular complexity index is 464. The van der Waals surface area contributed by atoms with Gasteiger partial charge in [0.2, 0.25) is 0 Å². The van der Waals surface area contributed by atoms with E-state index in [9.17, 15) is 9.18 Å². The Hall–Kier alpha value is -1.17. The van der Waals surface area contributed by atoms with Gasteiger partial charge in [-0.1, -0.05) is 11.6 Å². The highest BCUT2D eigenvalue weighted by Crippen LogP contribution is 2.22. The normalized spacial score (nSPS) is 18.1. The molecule has 1 fully saturated rings. The summed E-state index contributed by atoms with van der Waals surface area (Å²) in [5.74, 6) is -0.541. The molecule has 0 aliphatic carbocycles. The van der Waals surface area contributed by atoms with Gasteiger partial charge in [0.1, 0.15) is 18.9 Å². The number of nitrogens with one attached hydrogen (secondary N) is 2. The fourth-order valence-electron chi connectivity index (χ4n) is 2.08. The second kappa shape index (κ2) is 6.32. The van der Waals surface area contributed by atoms with Crippen LogP contribution in [0.1, 0.15) is 6.92 Å². The molecule has 1 aromatic carbocycles. The average molecular weight is 288 g/mol. The fourth-order valence-corrected chi connectivity index (χ4v) is 2.30. The van der Waals surface area contributed by atoms with Gasteiger partial charge in [0, 0.05) is 0 Å². The van der Waals surface area contributed by atoms with E-state index in [1.54, 1.807) is 0 Å². The maximum absolute atomic E-state index is 12.9. The summed E-state index contributed by atoms with van der Waals surface area (Å²) in [6.45, 7) is 4.83. The summed E-state index contributed by atoms with van der Waals surface area (Å²) >= 11 is 5.88. The molecule has 0 radical (unpaired) electrons. The van der Waals surface area contributed by atoms with Gasteiger partial charge in [0.05, 0.1) is 23.9 Å². The second-order valence-corrected chi connectivity index (χ2v) is 5.01. The zero-order valence-corrected chi connectivity index (χ0v) is 11.5. The van der Waals surface area contributed by atoms with E-state index < -0.39 is 5.82 Å². The van der Waals surface area contributed by atoms with Crippen molar-refractivity contribution in [2.24, 2.45) is 0 Å². The molecular formula is C13H17ClFN2O2+. The Morgan fingerprint density at radius 1 is 1.47 bits per heavy atom. The van der Waals surface area contributed by atoms with Crippen LogP contribution in [-0.2, 0) is 9.53 Å². The molecule has 2 rings (SSSR count). The van der Waals surface area contributed by atoms with Gasteiger partial charge in [-0.25, -0.2) is 4.39 Å². The minimum absolute atomic E-state index is 0.120. The van der Waals surface area contributed by atoms with Crippen LogP contribution in [0, 0.1) is 5.82 Å². The van der Waals surface area contributed by atoms with Crippen molar-refractivity contribution in [3.63, 3.8) is 0 Å². The molecule has 1 aliphatic rings. The number of morpholine rings is 1. The molecule has 1 amide bonds. The third-order valence-corrected chi connectivity index (χ3v) is 3.64. The lowest BCUT2D eigenvalue weighted by Gasteiger charge is -2.28. The summed E-state index contributed by atoms with van der Waals surface area (Å²) in [5, 5.41) is 2.94. The van der Waals surface area contributed by atoms with Crippen molar-refractivity contribution >= 4 is 23.2 Å². The van der Waals surface area contributed by atoms with Crippen LogP contribution >= 0.6 is 11.6 Å². The minimum Gasteiger partial charge on any atom is -0.370 e. The Balaban J connectivity index is 1.99. The van der Waals surface area contributed by atoms with E-state index in [0.717, 1.165) is 13.1 Å². The van der Waals surface area contributed by atoms with Crippen LogP contribution < -0.4 is 10.2 Å². The number of rotatable bonds is 3. The zero-order chi connectivity index (χ0) is 13.8. The topological polar surface area (TPSA) is 42.8 Å². The van der Waals surface area contributed by atoms with Crippen LogP contribution in [0.15, 0.2) is 18.2 Å². The molecule has 2 N–H and O–H groups in total. The van der Waals surface area contributed by atoms with Crippen LogP contribution in [0.3, 0.4) is 0 Å². The Morgan fingerprint density at radius 2 is 2.16 bits per heavy atom. The molecule has 0 spiro atoms. The predicted octanol–water partition coefficient (Wildman–Crippen LogP) is 0.721. The van der Waals surface area contributed by atoms with E-state index in [4.69, 9.17) is 16.3 Å². The number of carbonyl (C=O) groups excluding carboxylic acids is 1. The lowest BCUT2D eigenvalue weighted by atomic mass is 10.2. The van der Waals surface area contributed by atoms with Gasteiger partial charge in [-0.05, 0) is 25.1 Å². The van der Waals surface area contributed by atoms with Crippen LogP contribution in [0.4, 0.5) is 10.1 Å². The third kappa shape index (κ3) is 3.65. The zero-order valence-electron chi connectivity index (χ0n) is 10.7. The highest BCUT2D eigenvalue weighted by Gasteiger charge is 2.27. The lowest BCUT2D eigenvalue weighted by Crippen LogP contribution is -3.18. The van der Waals surface area contributed by atoms with Gasteiger partial charge < -0.3 is 15.0 Å². The number of benzene rings is 1. The molecule has 104 valence electrons. The van der Waals surface area contributed by atoms with E-state index in [-0.39, 0.29) is 17.0 Å². The highest BCUT2D eigenvalue weighted by molar-refractivity contribution is 6.33. The Labute approximate surface area is 116 Å². The number of ether oxygens (including phenoxy) is 1.